The lowest BCUT2D eigenvalue weighted by Crippen LogP contribution is -2.37. The van der Waals surface area contributed by atoms with Crippen LogP contribution in [-0.2, 0) is 11.2 Å². The third-order valence-electron chi connectivity index (χ3n) is 4.00. The smallest absolute Gasteiger partial charge is 0.387 e. The van der Waals surface area contributed by atoms with E-state index in [-0.39, 0.29) is 5.75 Å². The number of hydrogen-bond donors (Lipinski definition) is 1. The molecule has 1 heterocycles. The molecule has 1 aliphatic rings. The molecule has 0 spiro atoms. The second-order valence-electron chi connectivity index (χ2n) is 5.47. The van der Waals surface area contributed by atoms with E-state index in [1.807, 2.05) is 12.1 Å². The predicted octanol–water partition coefficient (Wildman–Crippen LogP) is 3.24. The Bertz CT molecular complexity index is 405. The summed E-state index contributed by atoms with van der Waals surface area (Å²) in [4.78, 5) is 0. The fourth-order valence-electron chi connectivity index (χ4n) is 2.66. The van der Waals surface area contributed by atoms with Crippen molar-refractivity contribution in [3.05, 3.63) is 29.8 Å². The number of hydrogen-bond acceptors (Lipinski definition) is 3. The Labute approximate surface area is 124 Å². The maximum atomic E-state index is 12.0. The van der Waals surface area contributed by atoms with Gasteiger partial charge in [-0.2, -0.15) is 8.78 Å². The summed E-state index contributed by atoms with van der Waals surface area (Å²) in [6, 6.07) is 7.32. The van der Waals surface area contributed by atoms with E-state index in [1.54, 1.807) is 12.1 Å². The van der Waals surface area contributed by atoms with Crippen LogP contribution >= 0.6 is 0 Å². The molecule has 1 atom stereocenters. The molecule has 3 nitrogen and oxygen atoms in total. The molecule has 0 radical (unpaired) electrons. The molecule has 1 aromatic carbocycles. The highest BCUT2D eigenvalue weighted by Gasteiger charge is 2.19. The van der Waals surface area contributed by atoms with Gasteiger partial charge in [0.1, 0.15) is 5.75 Å². The topological polar surface area (TPSA) is 30.5 Å². The first-order valence-electron chi connectivity index (χ1n) is 7.50. The standard InChI is InChI=1S/C16H23F2NO2/c1-12(14-7-10-20-11-8-14)19-9-6-13-2-4-15(5-3-13)21-16(17)18/h2-5,12,14,16,19H,6-11H2,1H3/t12-/m1/s1. The molecule has 0 aliphatic carbocycles. The van der Waals surface area contributed by atoms with Crippen LogP contribution in [0.25, 0.3) is 0 Å². The van der Waals surface area contributed by atoms with E-state index in [1.165, 1.54) is 0 Å². The van der Waals surface area contributed by atoms with Crippen molar-refractivity contribution in [3.8, 4) is 5.75 Å². The van der Waals surface area contributed by atoms with Gasteiger partial charge in [0, 0.05) is 19.3 Å². The van der Waals surface area contributed by atoms with Crippen molar-refractivity contribution in [2.24, 2.45) is 5.92 Å². The zero-order chi connectivity index (χ0) is 15.1. The lowest BCUT2D eigenvalue weighted by atomic mass is 9.93. The van der Waals surface area contributed by atoms with Gasteiger partial charge in [0.05, 0.1) is 0 Å². The molecular formula is C16H23F2NO2. The zero-order valence-electron chi connectivity index (χ0n) is 12.4. The van der Waals surface area contributed by atoms with Gasteiger partial charge in [-0.15, -0.1) is 0 Å². The van der Waals surface area contributed by atoms with Gasteiger partial charge in [0.15, 0.2) is 0 Å². The zero-order valence-corrected chi connectivity index (χ0v) is 12.4. The largest absolute Gasteiger partial charge is 0.435 e. The van der Waals surface area contributed by atoms with Gasteiger partial charge in [0.2, 0.25) is 0 Å². The summed E-state index contributed by atoms with van der Waals surface area (Å²) in [5.74, 6) is 0.887. The van der Waals surface area contributed by atoms with Crippen LogP contribution < -0.4 is 10.1 Å². The van der Waals surface area contributed by atoms with Crippen molar-refractivity contribution in [2.75, 3.05) is 19.8 Å². The van der Waals surface area contributed by atoms with E-state index < -0.39 is 6.61 Å². The van der Waals surface area contributed by atoms with E-state index in [2.05, 4.69) is 17.0 Å². The maximum Gasteiger partial charge on any atom is 0.387 e. The molecule has 1 aliphatic heterocycles. The third-order valence-corrected chi connectivity index (χ3v) is 4.00. The predicted molar refractivity (Wildman–Crippen MR) is 77.8 cm³/mol. The minimum Gasteiger partial charge on any atom is -0.435 e. The number of alkyl halides is 2. The Morgan fingerprint density at radius 1 is 1.24 bits per heavy atom. The monoisotopic (exact) mass is 299 g/mol. The number of benzene rings is 1. The second-order valence-corrected chi connectivity index (χ2v) is 5.47. The molecule has 0 amide bonds. The molecule has 1 fully saturated rings. The van der Waals surface area contributed by atoms with Crippen molar-refractivity contribution >= 4 is 0 Å². The Morgan fingerprint density at radius 3 is 2.52 bits per heavy atom. The quantitative estimate of drug-likeness (QED) is 0.838. The molecule has 0 unspecified atom stereocenters. The highest BCUT2D eigenvalue weighted by Crippen LogP contribution is 2.19. The molecule has 1 N–H and O–H groups in total. The van der Waals surface area contributed by atoms with Crippen LogP contribution in [0, 0.1) is 5.92 Å². The molecule has 0 saturated carbocycles. The van der Waals surface area contributed by atoms with E-state index in [0.717, 1.165) is 44.6 Å². The molecular weight excluding hydrogens is 276 g/mol. The summed E-state index contributed by atoms with van der Waals surface area (Å²) < 4.78 is 33.8. The summed E-state index contributed by atoms with van der Waals surface area (Å²) in [7, 11) is 0. The summed E-state index contributed by atoms with van der Waals surface area (Å²) in [5.41, 5.74) is 1.11. The number of halogens is 2. The van der Waals surface area contributed by atoms with Gasteiger partial charge >= 0.3 is 6.61 Å². The Hall–Kier alpha value is -1.20. The molecule has 0 bridgehead atoms. The van der Waals surface area contributed by atoms with Crippen molar-refractivity contribution < 1.29 is 18.3 Å². The molecule has 1 saturated heterocycles. The minimum absolute atomic E-state index is 0.206. The molecule has 21 heavy (non-hydrogen) atoms. The van der Waals surface area contributed by atoms with E-state index in [9.17, 15) is 8.78 Å². The molecule has 2 rings (SSSR count). The summed E-state index contributed by atoms with van der Waals surface area (Å²) in [5, 5.41) is 3.54. The second kappa shape index (κ2) is 8.29. The number of rotatable bonds is 7. The van der Waals surface area contributed by atoms with Crippen molar-refractivity contribution in [1.29, 1.82) is 0 Å². The SMILES string of the molecule is C[C@@H](NCCc1ccc(OC(F)F)cc1)C1CCOCC1. The lowest BCUT2D eigenvalue weighted by Gasteiger charge is -2.28. The summed E-state index contributed by atoms with van der Waals surface area (Å²) in [6.45, 7) is 2.06. The lowest BCUT2D eigenvalue weighted by molar-refractivity contribution is -0.0498. The van der Waals surface area contributed by atoms with Gasteiger partial charge in [-0.05, 0) is 56.3 Å². The first kappa shape index (κ1) is 16.2. The summed E-state index contributed by atoms with van der Waals surface area (Å²) >= 11 is 0. The fourth-order valence-corrected chi connectivity index (χ4v) is 2.66. The molecule has 0 aromatic heterocycles. The van der Waals surface area contributed by atoms with Gasteiger partial charge in [-0.1, -0.05) is 12.1 Å². The van der Waals surface area contributed by atoms with Crippen LogP contribution in [0.2, 0.25) is 0 Å². The van der Waals surface area contributed by atoms with Crippen molar-refractivity contribution in [2.45, 2.75) is 38.8 Å². The maximum absolute atomic E-state index is 12.0. The van der Waals surface area contributed by atoms with Gasteiger partial charge in [-0.25, -0.2) is 0 Å². The Kier molecular flexibility index (Phi) is 6.39. The number of ether oxygens (including phenoxy) is 2. The molecule has 5 heteroatoms. The van der Waals surface area contributed by atoms with Gasteiger partial charge < -0.3 is 14.8 Å². The van der Waals surface area contributed by atoms with Crippen molar-refractivity contribution in [3.63, 3.8) is 0 Å². The van der Waals surface area contributed by atoms with E-state index >= 15 is 0 Å². The molecule has 1 aromatic rings. The van der Waals surface area contributed by atoms with Gasteiger partial charge in [0.25, 0.3) is 0 Å². The Balaban J connectivity index is 1.70. The third kappa shape index (κ3) is 5.59. The Morgan fingerprint density at radius 2 is 1.90 bits per heavy atom. The molecule has 118 valence electrons. The van der Waals surface area contributed by atoms with Crippen LogP contribution in [-0.4, -0.2) is 32.4 Å². The van der Waals surface area contributed by atoms with Crippen LogP contribution in [0.4, 0.5) is 8.78 Å². The van der Waals surface area contributed by atoms with E-state index in [4.69, 9.17) is 4.74 Å². The number of nitrogens with one attached hydrogen (secondary N) is 1. The minimum atomic E-state index is -2.77. The normalized spacial score (nSPS) is 17.9. The average molecular weight is 299 g/mol. The van der Waals surface area contributed by atoms with Crippen LogP contribution in [0.5, 0.6) is 5.75 Å². The van der Waals surface area contributed by atoms with Crippen LogP contribution in [0.1, 0.15) is 25.3 Å². The fraction of sp³-hybridized carbons (Fsp3) is 0.625. The highest BCUT2D eigenvalue weighted by atomic mass is 19.3. The summed E-state index contributed by atoms with van der Waals surface area (Å²) in [6.07, 6.45) is 3.12. The van der Waals surface area contributed by atoms with Crippen LogP contribution in [0.15, 0.2) is 24.3 Å². The first-order valence-corrected chi connectivity index (χ1v) is 7.50. The van der Waals surface area contributed by atoms with Crippen LogP contribution in [0.3, 0.4) is 0 Å². The highest BCUT2D eigenvalue weighted by molar-refractivity contribution is 5.27. The average Bonchev–Trinajstić information content (AvgIpc) is 2.49. The van der Waals surface area contributed by atoms with Crippen molar-refractivity contribution in [1.82, 2.24) is 5.32 Å². The van der Waals surface area contributed by atoms with E-state index in [0.29, 0.717) is 12.0 Å². The first-order chi connectivity index (χ1) is 10.1. The van der Waals surface area contributed by atoms with Gasteiger partial charge in [-0.3, -0.25) is 0 Å².